The molecule has 1 atom stereocenters. The minimum Gasteiger partial charge on any atom is -0.307 e. The van der Waals surface area contributed by atoms with E-state index in [4.69, 9.17) is 0 Å². The average molecular weight is 343 g/mol. The van der Waals surface area contributed by atoms with Gasteiger partial charge in [-0.2, -0.15) is 0 Å². The lowest BCUT2D eigenvalue weighted by Crippen LogP contribution is -2.44. The van der Waals surface area contributed by atoms with Gasteiger partial charge in [0, 0.05) is 15.9 Å². The number of fused-ring (bicyclic) bond motifs is 1. The first-order chi connectivity index (χ1) is 11.5. The van der Waals surface area contributed by atoms with E-state index >= 15 is 0 Å². The second-order valence-electron chi connectivity index (χ2n) is 6.30. The van der Waals surface area contributed by atoms with E-state index in [-0.39, 0.29) is 5.91 Å². The molecule has 0 spiro atoms. The van der Waals surface area contributed by atoms with E-state index < -0.39 is 6.03 Å². The van der Waals surface area contributed by atoms with Crippen LogP contribution >= 0.6 is 11.3 Å². The number of anilines is 1. The molecule has 3 amide bonds. The van der Waals surface area contributed by atoms with Crippen molar-refractivity contribution in [3.05, 3.63) is 51.2 Å². The number of nitrogens with one attached hydrogen (secondary N) is 3. The Morgan fingerprint density at radius 2 is 1.92 bits per heavy atom. The quantitative estimate of drug-likeness (QED) is 0.729. The average Bonchev–Trinajstić information content (AvgIpc) is 2.98. The van der Waals surface area contributed by atoms with Gasteiger partial charge in [0.1, 0.15) is 0 Å². The number of hydrazine groups is 1. The van der Waals surface area contributed by atoms with E-state index in [1.807, 2.05) is 36.6 Å². The molecule has 5 nitrogen and oxygen atoms in total. The van der Waals surface area contributed by atoms with Crippen LogP contribution in [0.25, 0.3) is 0 Å². The molecule has 0 radical (unpaired) electrons. The lowest BCUT2D eigenvalue weighted by atomic mass is 9.88. The molecule has 0 aliphatic heterocycles. The molecular formula is C18H21N3O2S. The first kappa shape index (κ1) is 16.5. The topological polar surface area (TPSA) is 70.2 Å². The Bertz CT molecular complexity index is 752. The molecule has 0 unspecified atom stereocenters. The standard InChI is InChI=1S/C18H21N3O2S/c1-11-3-6-13(7-4-11)19-18(23)21-20-17(22)15-10-24-16-9-12(2)5-8-14(15)16/h3-4,6-7,10,12H,5,8-9H2,1-2H3,(H,20,22)(H2,19,21,23)/t12-/m0/s1. The summed E-state index contributed by atoms with van der Waals surface area (Å²) in [7, 11) is 0. The van der Waals surface area contributed by atoms with E-state index in [1.165, 1.54) is 4.88 Å². The number of thiophene rings is 1. The minimum absolute atomic E-state index is 0.263. The van der Waals surface area contributed by atoms with Crippen LogP contribution in [0.2, 0.25) is 0 Å². The molecule has 0 bridgehead atoms. The molecule has 1 aliphatic rings. The Morgan fingerprint density at radius 3 is 2.67 bits per heavy atom. The van der Waals surface area contributed by atoms with E-state index in [9.17, 15) is 9.59 Å². The molecule has 1 aromatic carbocycles. The number of hydrogen-bond donors (Lipinski definition) is 3. The lowest BCUT2D eigenvalue weighted by Gasteiger charge is -2.18. The van der Waals surface area contributed by atoms with Gasteiger partial charge in [-0.3, -0.25) is 10.2 Å². The molecule has 1 aromatic heterocycles. The maximum atomic E-state index is 12.3. The van der Waals surface area contributed by atoms with Crippen molar-refractivity contribution in [3.63, 3.8) is 0 Å². The Labute approximate surface area is 145 Å². The number of aryl methyl sites for hydroxylation is 1. The van der Waals surface area contributed by atoms with Gasteiger partial charge in [0.05, 0.1) is 5.56 Å². The lowest BCUT2D eigenvalue weighted by molar-refractivity contribution is 0.0937. The van der Waals surface area contributed by atoms with Gasteiger partial charge < -0.3 is 5.32 Å². The second-order valence-corrected chi connectivity index (χ2v) is 7.26. The molecule has 1 heterocycles. The van der Waals surface area contributed by atoms with Crippen molar-refractivity contribution in [1.82, 2.24) is 10.9 Å². The second kappa shape index (κ2) is 7.05. The fraction of sp³-hybridized carbons (Fsp3) is 0.333. The SMILES string of the molecule is Cc1ccc(NC(=O)NNC(=O)c2csc3c2CC[C@H](C)C3)cc1. The molecule has 3 rings (SSSR count). The molecule has 2 aromatic rings. The van der Waals surface area contributed by atoms with E-state index in [0.29, 0.717) is 17.2 Å². The third kappa shape index (κ3) is 3.76. The van der Waals surface area contributed by atoms with Crippen LogP contribution in [0.5, 0.6) is 0 Å². The van der Waals surface area contributed by atoms with Crippen LogP contribution in [0, 0.1) is 12.8 Å². The summed E-state index contributed by atoms with van der Waals surface area (Å²) in [6, 6.07) is 6.98. The summed E-state index contributed by atoms with van der Waals surface area (Å²) >= 11 is 1.63. The van der Waals surface area contributed by atoms with Crippen LogP contribution in [0.15, 0.2) is 29.6 Å². The van der Waals surface area contributed by atoms with Crippen molar-refractivity contribution in [2.45, 2.75) is 33.1 Å². The molecule has 0 fully saturated rings. The summed E-state index contributed by atoms with van der Waals surface area (Å²) in [6.45, 7) is 4.21. The van der Waals surface area contributed by atoms with Gasteiger partial charge in [0.2, 0.25) is 0 Å². The Kier molecular flexibility index (Phi) is 4.85. The maximum absolute atomic E-state index is 12.3. The fourth-order valence-corrected chi connectivity index (χ4v) is 4.09. The molecule has 3 N–H and O–H groups in total. The van der Waals surface area contributed by atoms with E-state index in [0.717, 1.165) is 30.4 Å². The summed E-state index contributed by atoms with van der Waals surface area (Å²) in [5.74, 6) is 0.409. The Balaban J connectivity index is 1.56. The first-order valence-electron chi connectivity index (χ1n) is 8.06. The van der Waals surface area contributed by atoms with Gasteiger partial charge in [-0.05, 0) is 49.8 Å². The first-order valence-corrected chi connectivity index (χ1v) is 8.94. The van der Waals surface area contributed by atoms with Crippen LogP contribution < -0.4 is 16.2 Å². The van der Waals surface area contributed by atoms with Crippen molar-refractivity contribution >= 4 is 29.0 Å². The van der Waals surface area contributed by atoms with Crippen LogP contribution in [0.1, 0.15) is 39.7 Å². The highest BCUT2D eigenvalue weighted by Gasteiger charge is 2.23. The van der Waals surface area contributed by atoms with Crippen LogP contribution in [-0.2, 0) is 12.8 Å². The number of carbonyl (C=O) groups is 2. The van der Waals surface area contributed by atoms with Gasteiger partial charge in [0.15, 0.2) is 0 Å². The molecule has 126 valence electrons. The van der Waals surface area contributed by atoms with Crippen molar-refractivity contribution in [2.75, 3.05) is 5.32 Å². The molecular weight excluding hydrogens is 322 g/mol. The molecule has 0 saturated carbocycles. The van der Waals surface area contributed by atoms with Crippen LogP contribution in [-0.4, -0.2) is 11.9 Å². The van der Waals surface area contributed by atoms with Gasteiger partial charge in [-0.1, -0.05) is 24.6 Å². The molecule has 1 aliphatic carbocycles. The third-order valence-corrected chi connectivity index (χ3v) is 5.30. The molecule has 24 heavy (non-hydrogen) atoms. The predicted molar refractivity (Wildman–Crippen MR) is 96.3 cm³/mol. The number of benzene rings is 1. The van der Waals surface area contributed by atoms with E-state index in [1.54, 1.807) is 11.3 Å². The number of urea groups is 1. The molecule has 0 saturated heterocycles. The summed E-state index contributed by atoms with van der Waals surface area (Å²) in [5.41, 5.74) is 8.49. The summed E-state index contributed by atoms with van der Waals surface area (Å²) in [4.78, 5) is 25.5. The van der Waals surface area contributed by atoms with Gasteiger partial charge in [-0.25, -0.2) is 10.2 Å². The highest BCUT2D eigenvalue weighted by molar-refractivity contribution is 7.10. The monoisotopic (exact) mass is 343 g/mol. The van der Waals surface area contributed by atoms with Gasteiger partial charge in [0.25, 0.3) is 5.91 Å². The van der Waals surface area contributed by atoms with Crippen molar-refractivity contribution < 1.29 is 9.59 Å². The predicted octanol–water partition coefficient (Wildman–Crippen LogP) is 3.65. The van der Waals surface area contributed by atoms with Gasteiger partial charge in [-0.15, -0.1) is 11.3 Å². The largest absolute Gasteiger partial charge is 0.337 e. The van der Waals surface area contributed by atoms with Crippen molar-refractivity contribution in [3.8, 4) is 0 Å². The zero-order valence-electron chi connectivity index (χ0n) is 13.8. The number of amides is 3. The highest BCUT2D eigenvalue weighted by atomic mass is 32.1. The minimum atomic E-state index is -0.468. The van der Waals surface area contributed by atoms with E-state index in [2.05, 4.69) is 23.1 Å². The number of rotatable bonds is 2. The maximum Gasteiger partial charge on any atom is 0.337 e. The fourth-order valence-electron chi connectivity index (χ4n) is 2.85. The van der Waals surface area contributed by atoms with Crippen LogP contribution in [0.3, 0.4) is 0 Å². The Hall–Kier alpha value is -2.34. The zero-order valence-corrected chi connectivity index (χ0v) is 14.6. The number of hydrogen-bond acceptors (Lipinski definition) is 3. The zero-order chi connectivity index (χ0) is 17.1. The summed E-state index contributed by atoms with van der Waals surface area (Å²) in [6.07, 6.45) is 3.07. The number of carbonyl (C=O) groups excluding carboxylic acids is 2. The van der Waals surface area contributed by atoms with Crippen LogP contribution in [0.4, 0.5) is 10.5 Å². The van der Waals surface area contributed by atoms with Crippen molar-refractivity contribution in [2.24, 2.45) is 5.92 Å². The normalized spacial score (nSPS) is 16.2. The van der Waals surface area contributed by atoms with Gasteiger partial charge >= 0.3 is 6.03 Å². The smallest absolute Gasteiger partial charge is 0.307 e. The third-order valence-electron chi connectivity index (χ3n) is 4.25. The summed E-state index contributed by atoms with van der Waals surface area (Å²) in [5, 5.41) is 4.56. The molecule has 6 heteroatoms. The summed E-state index contributed by atoms with van der Waals surface area (Å²) < 4.78 is 0. The van der Waals surface area contributed by atoms with Crippen molar-refractivity contribution in [1.29, 1.82) is 0 Å². The highest BCUT2D eigenvalue weighted by Crippen LogP contribution is 2.32. The Morgan fingerprint density at radius 1 is 1.17 bits per heavy atom.